The van der Waals surface area contributed by atoms with Crippen LogP contribution in [0.2, 0.25) is 0 Å². The van der Waals surface area contributed by atoms with E-state index in [1.807, 2.05) is 0 Å². The van der Waals surface area contributed by atoms with Gasteiger partial charge in [0.05, 0.1) is 0 Å². The van der Waals surface area contributed by atoms with E-state index in [-0.39, 0.29) is 0 Å². The Morgan fingerprint density at radius 1 is 0.929 bits per heavy atom. The molecule has 0 N–H and O–H groups in total. The molecular weight excluding hydrogens is 168 g/mol. The fraction of sp³-hybridized carbons (Fsp3) is 1.00. The highest BCUT2D eigenvalue weighted by molar-refractivity contribution is 4.92. The van der Waals surface area contributed by atoms with Crippen molar-refractivity contribution >= 4 is 0 Å². The van der Waals surface area contributed by atoms with Crippen molar-refractivity contribution in [2.24, 2.45) is 10.8 Å². The van der Waals surface area contributed by atoms with Gasteiger partial charge in [0.2, 0.25) is 0 Å². The summed E-state index contributed by atoms with van der Waals surface area (Å²) in [4.78, 5) is 0. The van der Waals surface area contributed by atoms with Gasteiger partial charge in [0, 0.05) is 0 Å². The molecule has 84 valence electrons. The van der Waals surface area contributed by atoms with Gasteiger partial charge in [-0.3, -0.25) is 0 Å². The number of rotatable bonds is 5. The number of unbranched alkanes of at least 4 members (excludes halogenated alkanes) is 2. The second-order valence-electron chi connectivity index (χ2n) is 6.11. The highest BCUT2D eigenvalue weighted by atomic mass is 14.5. The topological polar surface area (TPSA) is 0 Å². The summed E-state index contributed by atoms with van der Waals surface area (Å²) in [5.41, 5.74) is 1.35. The molecule has 1 aliphatic carbocycles. The van der Waals surface area contributed by atoms with Crippen LogP contribution in [-0.2, 0) is 0 Å². The fourth-order valence-corrected chi connectivity index (χ4v) is 3.13. The summed E-state index contributed by atoms with van der Waals surface area (Å²) in [6, 6.07) is 0. The van der Waals surface area contributed by atoms with Gasteiger partial charge in [0.15, 0.2) is 0 Å². The van der Waals surface area contributed by atoms with Crippen LogP contribution >= 0.6 is 0 Å². The van der Waals surface area contributed by atoms with E-state index in [1.165, 1.54) is 51.4 Å². The highest BCUT2D eigenvalue weighted by Gasteiger charge is 2.40. The minimum Gasteiger partial charge on any atom is -0.0654 e. The van der Waals surface area contributed by atoms with Crippen LogP contribution in [0.4, 0.5) is 0 Å². The first-order valence-corrected chi connectivity index (χ1v) is 6.54. The largest absolute Gasteiger partial charge is 0.0654 e. The average Bonchev–Trinajstić information content (AvgIpc) is 2.45. The van der Waals surface area contributed by atoms with Crippen LogP contribution in [0.3, 0.4) is 0 Å². The van der Waals surface area contributed by atoms with Gasteiger partial charge in [-0.15, -0.1) is 0 Å². The minimum atomic E-state index is 0.668. The Morgan fingerprint density at radius 3 is 2.07 bits per heavy atom. The van der Waals surface area contributed by atoms with Crippen molar-refractivity contribution in [2.75, 3.05) is 0 Å². The Labute approximate surface area is 90.5 Å². The van der Waals surface area contributed by atoms with Crippen molar-refractivity contribution in [3.05, 3.63) is 0 Å². The molecule has 0 aromatic carbocycles. The summed E-state index contributed by atoms with van der Waals surface area (Å²) in [5.74, 6) is 0. The van der Waals surface area contributed by atoms with Gasteiger partial charge < -0.3 is 0 Å². The number of hydrogen-bond donors (Lipinski definition) is 0. The zero-order valence-corrected chi connectivity index (χ0v) is 10.7. The van der Waals surface area contributed by atoms with Gasteiger partial charge in [0.1, 0.15) is 0 Å². The molecule has 0 spiro atoms. The van der Waals surface area contributed by atoms with Crippen LogP contribution in [0.1, 0.15) is 79.1 Å². The molecule has 0 aromatic rings. The molecule has 0 radical (unpaired) electrons. The van der Waals surface area contributed by atoms with Gasteiger partial charge >= 0.3 is 0 Å². The van der Waals surface area contributed by atoms with Crippen molar-refractivity contribution in [3.8, 4) is 0 Å². The number of hydrogen-bond acceptors (Lipinski definition) is 0. The van der Waals surface area contributed by atoms with E-state index in [0.29, 0.717) is 10.8 Å². The van der Waals surface area contributed by atoms with Crippen LogP contribution in [0.25, 0.3) is 0 Å². The zero-order chi connectivity index (χ0) is 10.7. The standard InChI is InChI=1S/C14H28/c1-5-7-8-9-14(4)11-10-13(3,6-2)12-14/h5-12H2,1-4H3. The molecular formula is C14H28. The summed E-state index contributed by atoms with van der Waals surface area (Å²) < 4.78 is 0. The minimum absolute atomic E-state index is 0.668. The zero-order valence-electron chi connectivity index (χ0n) is 10.7. The van der Waals surface area contributed by atoms with Gasteiger partial charge in [-0.1, -0.05) is 53.4 Å². The molecule has 2 unspecified atom stereocenters. The molecule has 1 aliphatic rings. The van der Waals surface area contributed by atoms with Crippen molar-refractivity contribution < 1.29 is 0 Å². The van der Waals surface area contributed by atoms with Crippen LogP contribution in [0.15, 0.2) is 0 Å². The molecule has 0 aliphatic heterocycles. The van der Waals surface area contributed by atoms with Crippen molar-refractivity contribution in [1.29, 1.82) is 0 Å². The first kappa shape index (κ1) is 12.1. The third-order valence-electron chi connectivity index (χ3n) is 4.42. The normalized spacial score (nSPS) is 37.7. The van der Waals surface area contributed by atoms with Gasteiger partial charge in [-0.25, -0.2) is 0 Å². The molecule has 0 aromatic heterocycles. The summed E-state index contributed by atoms with van der Waals surface area (Å²) in [6.07, 6.45) is 11.5. The Hall–Kier alpha value is 0. The van der Waals surface area contributed by atoms with Gasteiger partial charge in [-0.2, -0.15) is 0 Å². The molecule has 0 heteroatoms. The van der Waals surface area contributed by atoms with E-state index in [4.69, 9.17) is 0 Å². The van der Waals surface area contributed by atoms with Crippen molar-refractivity contribution in [3.63, 3.8) is 0 Å². The molecule has 1 fully saturated rings. The maximum Gasteiger partial charge on any atom is -0.0320 e. The summed E-state index contributed by atoms with van der Waals surface area (Å²) in [5, 5.41) is 0. The van der Waals surface area contributed by atoms with Gasteiger partial charge in [0.25, 0.3) is 0 Å². The third-order valence-corrected chi connectivity index (χ3v) is 4.42. The molecule has 0 saturated heterocycles. The SMILES string of the molecule is CCCCCC1(C)CCC(C)(CC)C1. The lowest BCUT2D eigenvalue weighted by Gasteiger charge is -2.28. The maximum absolute atomic E-state index is 2.52. The Bertz CT molecular complexity index is 173. The third kappa shape index (κ3) is 3.00. The molecule has 0 heterocycles. The van der Waals surface area contributed by atoms with Crippen molar-refractivity contribution in [1.82, 2.24) is 0 Å². The average molecular weight is 196 g/mol. The van der Waals surface area contributed by atoms with E-state index in [1.54, 1.807) is 0 Å². The maximum atomic E-state index is 2.52. The smallest absolute Gasteiger partial charge is 0.0320 e. The predicted molar refractivity (Wildman–Crippen MR) is 64.5 cm³/mol. The molecule has 1 rings (SSSR count). The summed E-state index contributed by atoms with van der Waals surface area (Å²) in [7, 11) is 0. The monoisotopic (exact) mass is 196 g/mol. The molecule has 0 amide bonds. The van der Waals surface area contributed by atoms with Gasteiger partial charge in [-0.05, 0) is 36.5 Å². The molecule has 1 saturated carbocycles. The van der Waals surface area contributed by atoms with E-state index < -0.39 is 0 Å². The lowest BCUT2D eigenvalue weighted by atomic mass is 9.77. The summed E-state index contributed by atoms with van der Waals surface area (Å²) in [6.45, 7) is 9.66. The van der Waals surface area contributed by atoms with Crippen LogP contribution in [0, 0.1) is 10.8 Å². The molecule has 0 nitrogen and oxygen atoms in total. The lowest BCUT2D eigenvalue weighted by molar-refractivity contribution is 0.234. The first-order valence-electron chi connectivity index (χ1n) is 6.54. The van der Waals surface area contributed by atoms with Crippen LogP contribution < -0.4 is 0 Å². The van der Waals surface area contributed by atoms with Crippen molar-refractivity contribution in [2.45, 2.75) is 79.1 Å². The Balaban J connectivity index is 2.37. The van der Waals surface area contributed by atoms with E-state index in [2.05, 4.69) is 27.7 Å². The fourth-order valence-electron chi connectivity index (χ4n) is 3.13. The first-order chi connectivity index (χ1) is 6.54. The quantitative estimate of drug-likeness (QED) is 0.532. The molecule has 2 atom stereocenters. The molecule has 0 bridgehead atoms. The second kappa shape index (κ2) is 4.68. The van der Waals surface area contributed by atoms with Crippen LogP contribution in [-0.4, -0.2) is 0 Å². The van der Waals surface area contributed by atoms with Crippen LogP contribution in [0.5, 0.6) is 0 Å². The van der Waals surface area contributed by atoms with E-state index in [0.717, 1.165) is 0 Å². The van der Waals surface area contributed by atoms with E-state index >= 15 is 0 Å². The highest BCUT2D eigenvalue weighted by Crippen LogP contribution is 2.53. The predicted octanol–water partition coefficient (Wildman–Crippen LogP) is 5.17. The van der Waals surface area contributed by atoms with E-state index in [9.17, 15) is 0 Å². The molecule has 14 heavy (non-hydrogen) atoms. The summed E-state index contributed by atoms with van der Waals surface area (Å²) >= 11 is 0. The Morgan fingerprint density at radius 2 is 1.57 bits per heavy atom. The lowest BCUT2D eigenvalue weighted by Crippen LogP contribution is -2.16. The Kier molecular flexibility index (Phi) is 4.04. The second-order valence-corrected chi connectivity index (χ2v) is 6.11.